The van der Waals surface area contributed by atoms with E-state index in [1.165, 1.54) is 25.0 Å². The molecule has 2 amide bonds. The lowest BCUT2D eigenvalue weighted by Crippen LogP contribution is -2.48. The molecule has 1 aromatic rings. The predicted octanol–water partition coefficient (Wildman–Crippen LogP) is 3.81. The van der Waals surface area contributed by atoms with E-state index in [1.54, 1.807) is 4.90 Å². The predicted molar refractivity (Wildman–Crippen MR) is 96.7 cm³/mol. The molecule has 3 rings (SSSR count). The number of amides is 2. The molecule has 1 N–H and O–H groups in total. The number of ether oxygens (including phenoxy) is 1. The molecule has 0 bridgehead atoms. The van der Waals surface area contributed by atoms with Crippen molar-refractivity contribution in [3.05, 3.63) is 29.8 Å². The van der Waals surface area contributed by atoms with Crippen molar-refractivity contribution >= 4 is 11.7 Å². The molecule has 150 valence electrons. The zero-order valence-electron chi connectivity index (χ0n) is 15.3. The number of rotatable bonds is 5. The number of alkyl halides is 3. The molecule has 2 aliphatic heterocycles. The Hall–Kier alpha value is -1.80. The Morgan fingerprint density at radius 1 is 1.22 bits per heavy atom. The fourth-order valence-corrected chi connectivity index (χ4v) is 3.67. The van der Waals surface area contributed by atoms with Gasteiger partial charge in [-0.2, -0.15) is 13.2 Å². The number of carbonyl (C=O) groups excluding carboxylic acids is 1. The van der Waals surface area contributed by atoms with Gasteiger partial charge in [-0.25, -0.2) is 4.79 Å². The molecule has 0 unspecified atom stereocenters. The van der Waals surface area contributed by atoms with Crippen LogP contribution < -0.4 is 5.32 Å². The maximum absolute atomic E-state index is 12.9. The second-order valence-corrected chi connectivity index (χ2v) is 7.09. The van der Waals surface area contributed by atoms with Gasteiger partial charge >= 0.3 is 12.2 Å². The third kappa shape index (κ3) is 5.59. The summed E-state index contributed by atoms with van der Waals surface area (Å²) >= 11 is 0. The SMILES string of the molecule is O=C(Nc1cccc(C(F)(F)F)c1)N(CCN1CCCC1)C1CCOCC1. The number of nitrogens with one attached hydrogen (secondary N) is 1. The van der Waals surface area contributed by atoms with Crippen molar-refractivity contribution in [2.45, 2.75) is 37.9 Å². The van der Waals surface area contributed by atoms with Gasteiger partial charge in [0.1, 0.15) is 0 Å². The van der Waals surface area contributed by atoms with E-state index in [0.717, 1.165) is 44.6 Å². The molecule has 0 radical (unpaired) electrons. The molecule has 0 saturated carbocycles. The van der Waals surface area contributed by atoms with Gasteiger partial charge in [0.15, 0.2) is 0 Å². The minimum atomic E-state index is -4.43. The number of benzene rings is 1. The summed E-state index contributed by atoms with van der Waals surface area (Å²) in [5.74, 6) is 0. The molecule has 2 saturated heterocycles. The van der Waals surface area contributed by atoms with E-state index in [1.807, 2.05) is 0 Å². The highest BCUT2D eigenvalue weighted by Crippen LogP contribution is 2.30. The van der Waals surface area contributed by atoms with Crippen molar-refractivity contribution in [2.24, 2.45) is 0 Å². The fourth-order valence-electron chi connectivity index (χ4n) is 3.67. The van der Waals surface area contributed by atoms with Crippen LogP contribution in [0.15, 0.2) is 24.3 Å². The topological polar surface area (TPSA) is 44.8 Å². The summed E-state index contributed by atoms with van der Waals surface area (Å²) in [5, 5.41) is 2.65. The van der Waals surface area contributed by atoms with E-state index in [4.69, 9.17) is 4.74 Å². The van der Waals surface area contributed by atoms with Crippen LogP contribution in [0, 0.1) is 0 Å². The van der Waals surface area contributed by atoms with Crippen LogP contribution in [0.25, 0.3) is 0 Å². The van der Waals surface area contributed by atoms with Crippen LogP contribution in [0.5, 0.6) is 0 Å². The first kappa shape index (κ1) is 19.9. The van der Waals surface area contributed by atoms with Crippen molar-refractivity contribution in [3.8, 4) is 0 Å². The molecule has 2 heterocycles. The van der Waals surface area contributed by atoms with Gasteiger partial charge in [0, 0.05) is 38.0 Å². The second-order valence-electron chi connectivity index (χ2n) is 7.09. The molecule has 0 aliphatic carbocycles. The number of carbonyl (C=O) groups is 1. The zero-order valence-corrected chi connectivity index (χ0v) is 15.3. The molecule has 5 nitrogen and oxygen atoms in total. The quantitative estimate of drug-likeness (QED) is 0.838. The summed E-state index contributed by atoms with van der Waals surface area (Å²) < 4.78 is 44.1. The lowest BCUT2D eigenvalue weighted by atomic mass is 10.1. The Morgan fingerprint density at radius 2 is 1.93 bits per heavy atom. The van der Waals surface area contributed by atoms with Crippen LogP contribution >= 0.6 is 0 Å². The Labute approximate surface area is 157 Å². The standard InChI is InChI=1S/C19H26F3N3O2/c20-19(21,22)15-4-3-5-16(14-15)23-18(26)25(17-6-12-27-13-7-17)11-10-24-8-1-2-9-24/h3-5,14,17H,1-2,6-13H2,(H,23,26). The Morgan fingerprint density at radius 3 is 2.59 bits per heavy atom. The first-order valence-corrected chi connectivity index (χ1v) is 9.48. The Balaban J connectivity index is 1.67. The smallest absolute Gasteiger partial charge is 0.381 e. The van der Waals surface area contributed by atoms with Crippen LogP contribution in [0.4, 0.5) is 23.7 Å². The third-order valence-electron chi connectivity index (χ3n) is 5.19. The van der Waals surface area contributed by atoms with Gasteiger partial charge in [-0.1, -0.05) is 6.07 Å². The van der Waals surface area contributed by atoms with Gasteiger partial charge in [-0.15, -0.1) is 0 Å². The van der Waals surface area contributed by atoms with Gasteiger partial charge in [0.25, 0.3) is 0 Å². The van der Waals surface area contributed by atoms with Gasteiger partial charge in [0.2, 0.25) is 0 Å². The molecule has 0 aromatic heterocycles. The molecular weight excluding hydrogens is 359 g/mol. The Kier molecular flexibility index (Phi) is 6.59. The maximum atomic E-state index is 12.9. The van der Waals surface area contributed by atoms with Gasteiger partial charge in [-0.3, -0.25) is 0 Å². The normalized spacial score (nSPS) is 19.2. The minimum absolute atomic E-state index is 0.0483. The van der Waals surface area contributed by atoms with Gasteiger partial charge < -0.3 is 19.9 Å². The van der Waals surface area contributed by atoms with Gasteiger partial charge in [-0.05, 0) is 57.0 Å². The zero-order chi connectivity index (χ0) is 19.3. The highest BCUT2D eigenvalue weighted by atomic mass is 19.4. The van der Waals surface area contributed by atoms with Crippen molar-refractivity contribution < 1.29 is 22.7 Å². The van der Waals surface area contributed by atoms with Crippen molar-refractivity contribution in [1.82, 2.24) is 9.80 Å². The number of hydrogen-bond donors (Lipinski definition) is 1. The third-order valence-corrected chi connectivity index (χ3v) is 5.19. The molecule has 1 aromatic carbocycles. The van der Waals surface area contributed by atoms with Crippen LogP contribution in [0.1, 0.15) is 31.2 Å². The molecular formula is C19H26F3N3O2. The van der Waals surface area contributed by atoms with Crippen molar-refractivity contribution in [2.75, 3.05) is 44.7 Å². The fraction of sp³-hybridized carbons (Fsp3) is 0.632. The molecule has 2 aliphatic rings. The first-order chi connectivity index (χ1) is 12.9. The van der Waals surface area contributed by atoms with E-state index in [0.29, 0.717) is 19.8 Å². The van der Waals surface area contributed by atoms with Crippen LogP contribution in [-0.4, -0.2) is 61.3 Å². The molecule has 27 heavy (non-hydrogen) atoms. The molecule has 0 spiro atoms. The second kappa shape index (κ2) is 8.93. The molecule has 2 fully saturated rings. The summed E-state index contributed by atoms with van der Waals surface area (Å²) in [4.78, 5) is 16.9. The maximum Gasteiger partial charge on any atom is 0.416 e. The highest BCUT2D eigenvalue weighted by Gasteiger charge is 2.31. The van der Waals surface area contributed by atoms with Crippen LogP contribution in [0.2, 0.25) is 0 Å². The van der Waals surface area contributed by atoms with Crippen molar-refractivity contribution in [1.29, 1.82) is 0 Å². The number of urea groups is 1. The number of likely N-dealkylation sites (tertiary alicyclic amines) is 1. The number of nitrogens with zero attached hydrogens (tertiary/aromatic N) is 2. The summed E-state index contributed by atoms with van der Waals surface area (Å²) in [7, 11) is 0. The lowest BCUT2D eigenvalue weighted by molar-refractivity contribution is -0.137. The largest absolute Gasteiger partial charge is 0.416 e. The number of halogens is 3. The Bertz CT molecular complexity index is 627. The number of hydrogen-bond acceptors (Lipinski definition) is 3. The first-order valence-electron chi connectivity index (χ1n) is 9.48. The number of anilines is 1. The summed E-state index contributed by atoms with van der Waals surface area (Å²) in [6, 6.07) is 4.46. The van der Waals surface area contributed by atoms with Crippen molar-refractivity contribution in [3.63, 3.8) is 0 Å². The van der Waals surface area contributed by atoms with E-state index in [-0.39, 0.29) is 17.8 Å². The molecule has 0 atom stereocenters. The van der Waals surface area contributed by atoms with E-state index < -0.39 is 11.7 Å². The minimum Gasteiger partial charge on any atom is -0.381 e. The average molecular weight is 385 g/mol. The lowest BCUT2D eigenvalue weighted by Gasteiger charge is -2.35. The summed E-state index contributed by atoms with van der Waals surface area (Å²) in [6.07, 6.45) is -0.593. The van der Waals surface area contributed by atoms with Crippen LogP contribution in [-0.2, 0) is 10.9 Å². The summed E-state index contributed by atoms with van der Waals surface area (Å²) in [6.45, 7) is 4.62. The average Bonchev–Trinajstić information content (AvgIpc) is 3.16. The summed E-state index contributed by atoms with van der Waals surface area (Å²) in [5.41, 5.74) is -0.608. The van der Waals surface area contributed by atoms with E-state index in [2.05, 4.69) is 10.2 Å². The molecule has 8 heteroatoms. The van der Waals surface area contributed by atoms with Gasteiger partial charge in [0.05, 0.1) is 5.56 Å². The van der Waals surface area contributed by atoms with E-state index >= 15 is 0 Å². The van der Waals surface area contributed by atoms with Crippen LogP contribution in [0.3, 0.4) is 0 Å². The highest BCUT2D eigenvalue weighted by molar-refractivity contribution is 5.89. The van der Waals surface area contributed by atoms with E-state index in [9.17, 15) is 18.0 Å². The monoisotopic (exact) mass is 385 g/mol.